The number of aryl methyl sites for hydroxylation is 1. The summed E-state index contributed by atoms with van der Waals surface area (Å²) >= 11 is 1.35. The molecular formula is C18H25N3O2S. The van der Waals surface area contributed by atoms with Crippen LogP contribution < -0.4 is 11.1 Å². The van der Waals surface area contributed by atoms with Crippen LogP contribution in [0, 0.1) is 6.92 Å². The smallest absolute Gasteiger partial charge is 0.263 e. The van der Waals surface area contributed by atoms with E-state index < -0.39 is 6.10 Å². The summed E-state index contributed by atoms with van der Waals surface area (Å²) in [5.74, 6) is -0.0944. The highest BCUT2D eigenvalue weighted by molar-refractivity contribution is 7.21. The number of rotatable bonds is 4. The number of aliphatic hydroxyl groups is 1. The molecule has 0 radical (unpaired) electrons. The number of hydrogen-bond acceptors (Lipinski definition) is 5. The predicted octanol–water partition coefficient (Wildman–Crippen LogP) is 3.17. The van der Waals surface area contributed by atoms with Crippen molar-refractivity contribution < 1.29 is 9.90 Å². The number of amides is 1. The molecular weight excluding hydrogens is 322 g/mol. The summed E-state index contributed by atoms with van der Waals surface area (Å²) in [4.78, 5) is 18.5. The van der Waals surface area contributed by atoms with Crippen molar-refractivity contribution in [3.05, 3.63) is 22.2 Å². The summed E-state index contributed by atoms with van der Waals surface area (Å²) in [5.41, 5.74) is 8.62. The van der Waals surface area contributed by atoms with Gasteiger partial charge in [0.05, 0.1) is 11.8 Å². The van der Waals surface area contributed by atoms with Gasteiger partial charge in [-0.2, -0.15) is 0 Å². The summed E-state index contributed by atoms with van der Waals surface area (Å²) in [6, 6.07) is 2.20. The Morgan fingerprint density at radius 3 is 2.83 bits per heavy atom. The first-order valence-corrected chi connectivity index (χ1v) is 9.44. The molecule has 2 aromatic rings. The van der Waals surface area contributed by atoms with Crippen molar-refractivity contribution >= 4 is 33.1 Å². The minimum atomic E-state index is -0.464. The molecule has 24 heavy (non-hydrogen) atoms. The molecule has 3 rings (SSSR count). The van der Waals surface area contributed by atoms with E-state index in [1.807, 2.05) is 13.0 Å². The minimum absolute atomic E-state index is 0.0944. The zero-order chi connectivity index (χ0) is 17.3. The van der Waals surface area contributed by atoms with Gasteiger partial charge in [0.1, 0.15) is 9.71 Å². The van der Waals surface area contributed by atoms with Gasteiger partial charge in [-0.25, -0.2) is 4.98 Å². The second kappa shape index (κ2) is 7.07. The molecule has 2 aromatic heterocycles. The number of nitrogens with one attached hydrogen (secondary N) is 1. The highest BCUT2D eigenvalue weighted by Gasteiger charge is 2.23. The Hall–Kier alpha value is -1.66. The van der Waals surface area contributed by atoms with Gasteiger partial charge in [0, 0.05) is 17.1 Å². The van der Waals surface area contributed by atoms with Crippen molar-refractivity contribution in [2.75, 3.05) is 5.73 Å². The molecule has 1 aliphatic rings. The molecule has 130 valence electrons. The summed E-state index contributed by atoms with van der Waals surface area (Å²) in [6.07, 6.45) is 5.72. The number of hydrogen-bond donors (Lipinski definition) is 3. The highest BCUT2D eigenvalue weighted by atomic mass is 32.1. The quantitative estimate of drug-likeness (QED) is 0.792. The van der Waals surface area contributed by atoms with E-state index in [1.165, 1.54) is 30.6 Å². The summed E-state index contributed by atoms with van der Waals surface area (Å²) < 4.78 is 0. The number of anilines is 1. The fourth-order valence-electron chi connectivity index (χ4n) is 3.48. The van der Waals surface area contributed by atoms with Gasteiger partial charge in [-0.15, -0.1) is 11.3 Å². The van der Waals surface area contributed by atoms with Crippen molar-refractivity contribution in [3.8, 4) is 0 Å². The maximum Gasteiger partial charge on any atom is 0.263 e. The van der Waals surface area contributed by atoms with Crippen LogP contribution in [0.1, 0.15) is 60.0 Å². The molecule has 0 aliphatic heterocycles. The second-order valence-corrected chi connectivity index (χ2v) is 7.81. The van der Waals surface area contributed by atoms with Crippen LogP contribution in [0.5, 0.6) is 0 Å². The van der Waals surface area contributed by atoms with Gasteiger partial charge >= 0.3 is 0 Å². The molecule has 1 fully saturated rings. The fraction of sp³-hybridized carbons (Fsp3) is 0.556. The van der Waals surface area contributed by atoms with Gasteiger partial charge in [0.15, 0.2) is 0 Å². The van der Waals surface area contributed by atoms with Gasteiger partial charge in [-0.05, 0) is 44.7 Å². The highest BCUT2D eigenvalue weighted by Crippen LogP contribution is 2.36. The van der Waals surface area contributed by atoms with Gasteiger partial charge in [-0.1, -0.05) is 19.3 Å². The zero-order valence-electron chi connectivity index (χ0n) is 14.3. The van der Waals surface area contributed by atoms with Gasteiger partial charge < -0.3 is 16.2 Å². The normalized spacial score (nSPS) is 17.1. The van der Waals surface area contributed by atoms with E-state index in [1.54, 1.807) is 6.92 Å². The first-order chi connectivity index (χ1) is 11.5. The van der Waals surface area contributed by atoms with Crippen LogP contribution >= 0.6 is 11.3 Å². The van der Waals surface area contributed by atoms with Crippen LogP contribution in [0.3, 0.4) is 0 Å². The number of nitrogens with zero attached hydrogens (tertiary/aromatic N) is 1. The predicted molar refractivity (Wildman–Crippen MR) is 98.5 cm³/mol. The molecule has 0 saturated heterocycles. The van der Waals surface area contributed by atoms with Gasteiger partial charge in [0.25, 0.3) is 5.91 Å². The third-order valence-electron chi connectivity index (χ3n) is 4.57. The lowest BCUT2D eigenvalue weighted by atomic mass is 9.95. The van der Waals surface area contributed by atoms with E-state index in [-0.39, 0.29) is 11.9 Å². The van der Waals surface area contributed by atoms with E-state index in [0.717, 1.165) is 34.3 Å². The second-order valence-electron chi connectivity index (χ2n) is 6.81. The average Bonchev–Trinajstić information content (AvgIpc) is 2.84. The molecule has 1 saturated carbocycles. The molecule has 2 heterocycles. The Balaban J connectivity index is 1.93. The van der Waals surface area contributed by atoms with Gasteiger partial charge in [0.2, 0.25) is 0 Å². The number of thiophene rings is 1. The standard InChI is InChI=1S/C18H25N3O2S/c1-10-8-12(9-11(2)22)14-15(19)16(24-18(14)20-10)17(23)21-13-6-4-3-5-7-13/h8,11,13,22H,3-7,9,19H2,1-2H3,(H,21,23). The fourth-order valence-corrected chi connectivity index (χ4v) is 4.57. The molecule has 6 heteroatoms. The van der Waals surface area contributed by atoms with Crippen molar-refractivity contribution in [1.82, 2.24) is 10.3 Å². The molecule has 5 nitrogen and oxygen atoms in total. The van der Waals surface area contributed by atoms with Crippen LogP contribution in [0.4, 0.5) is 5.69 Å². The van der Waals surface area contributed by atoms with Crippen molar-refractivity contribution in [3.63, 3.8) is 0 Å². The van der Waals surface area contributed by atoms with E-state index >= 15 is 0 Å². The molecule has 1 atom stereocenters. The van der Waals surface area contributed by atoms with Gasteiger partial charge in [-0.3, -0.25) is 4.79 Å². The van der Waals surface area contributed by atoms with E-state index in [9.17, 15) is 9.90 Å². The first kappa shape index (κ1) is 17.2. The summed E-state index contributed by atoms with van der Waals surface area (Å²) in [5, 5.41) is 13.7. The number of carbonyl (C=O) groups excluding carboxylic acids is 1. The Bertz CT molecular complexity index is 748. The topological polar surface area (TPSA) is 88.2 Å². The first-order valence-electron chi connectivity index (χ1n) is 8.63. The molecule has 1 aliphatic carbocycles. The zero-order valence-corrected chi connectivity index (χ0v) is 15.1. The summed E-state index contributed by atoms with van der Waals surface area (Å²) in [6.45, 7) is 3.67. The lowest BCUT2D eigenvalue weighted by Crippen LogP contribution is -2.36. The Labute approximate surface area is 146 Å². The number of aliphatic hydroxyl groups excluding tert-OH is 1. The Morgan fingerprint density at radius 2 is 2.17 bits per heavy atom. The van der Waals surface area contributed by atoms with Crippen molar-refractivity contribution in [2.24, 2.45) is 0 Å². The SMILES string of the molecule is Cc1cc(CC(C)O)c2c(N)c(C(=O)NC3CCCCC3)sc2n1. The number of fused-ring (bicyclic) bond motifs is 1. The average molecular weight is 347 g/mol. The number of nitrogens with two attached hydrogens (primary N) is 1. The van der Waals surface area contributed by atoms with E-state index in [4.69, 9.17) is 5.73 Å². The number of nitrogen functional groups attached to an aromatic ring is 1. The summed E-state index contributed by atoms with van der Waals surface area (Å²) in [7, 11) is 0. The Kier molecular flexibility index (Phi) is 5.06. The van der Waals surface area contributed by atoms with Crippen molar-refractivity contribution in [1.29, 1.82) is 0 Å². The van der Waals surface area contributed by atoms with E-state index in [0.29, 0.717) is 17.0 Å². The lowest BCUT2D eigenvalue weighted by Gasteiger charge is -2.22. The molecule has 0 spiro atoms. The molecule has 1 unspecified atom stereocenters. The number of aromatic nitrogens is 1. The maximum atomic E-state index is 12.7. The lowest BCUT2D eigenvalue weighted by molar-refractivity contribution is 0.0932. The van der Waals surface area contributed by atoms with E-state index in [2.05, 4.69) is 10.3 Å². The van der Waals surface area contributed by atoms with Crippen LogP contribution in [0.25, 0.3) is 10.2 Å². The molecule has 0 bridgehead atoms. The molecule has 1 amide bonds. The third-order valence-corrected chi connectivity index (χ3v) is 5.67. The third kappa shape index (κ3) is 3.54. The monoisotopic (exact) mass is 347 g/mol. The van der Waals surface area contributed by atoms with Crippen LogP contribution in [0.15, 0.2) is 6.07 Å². The maximum absolute atomic E-state index is 12.7. The number of pyridine rings is 1. The largest absolute Gasteiger partial charge is 0.397 e. The van der Waals surface area contributed by atoms with Crippen LogP contribution in [-0.4, -0.2) is 28.1 Å². The Morgan fingerprint density at radius 1 is 1.46 bits per heavy atom. The molecule has 4 N–H and O–H groups in total. The van der Waals surface area contributed by atoms with Crippen LogP contribution in [-0.2, 0) is 6.42 Å². The van der Waals surface area contributed by atoms with Crippen molar-refractivity contribution in [2.45, 2.75) is 64.5 Å². The molecule has 0 aromatic carbocycles. The van der Waals surface area contributed by atoms with Crippen LogP contribution in [0.2, 0.25) is 0 Å². The number of carbonyl (C=O) groups is 1. The minimum Gasteiger partial charge on any atom is -0.397 e.